The fourth-order valence-electron chi connectivity index (χ4n) is 3.08. The Kier molecular flexibility index (Phi) is 4.68. The van der Waals surface area contributed by atoms with Crippen molar-refractivity contribution in [2.24, 2.45) is 0 Å². The van der Waals surface area contributed by atoms with Crippen molar-refractivity contribution >= 4 is 38.2 Å². The van der Waals surface area contributed by atoms with E-state index in [0.717, 1.165) is 24.2 Å². The van der Waals surface area contributed by atoms with Gasteiger partial charge in [-0.1, -0.05) is 0 Å². The van der Waals surface area contributed by atoms with Gasteiger partial charge in [0.1, 0.15) is 17.8 Å². The molecule has 0 atom stereocenters. The van der Waals surface area contributed by atoms with Crippen molar-refractivity contribution in [3.05, 3.63) is 36.8 Å². The number of nitrogens with zero attached hydrogens (tertiary/aromatic N) is 3. The molecule has 3 N–H and O–H groups in total. The second-order valence-corrected chi connectivity index (χ2v) is 7.96. The van der Waals surface area contributed by atoms with Gasteiger partial charge in [0.25, 0.3) is 0 Å². The van der Waals surface area contributed by atoms with Crippen molar-refractivity contribution in [2.45, 2.75) is 4.90 Å². The number of nitrogens with one attached hydrogen (secondary N) is 3. The minimum Gasteiger partial charge on any atom is -0.378 e. The lowest BCUT2D eigenvalue weighted by molar-refractivity contribution is 0.123. The van der Waals surface area contributed by atoms with Gasteiger partial charge in [0.05, 0.1) is 34.9 Å². The first-order valence-corrected chi connectivity index (χ1v) is 10.0. The smallest absolute Gasteiger partial charge is 0.240 e. The average molecular weight is 388 g/mol. The Hall–Kier alpha value is -2.69. The van der Waals surface area contributed by atoms with Gasteiger partial charge in [-0.25, -0.2) is 23.1 Å². The molecule has 1 fully saturated rings. The van der Waals surface area contributed by atoms with Crippen LogP contribution in [0.2, 0.25) is 0 Å². The number of aromatic amines is 1. The van der Waals surface area contributed by atoms with Crippen LogP contribution in [0.25, 0.3) is 11.0 Å². The minimum absolute atomic E-state index is 0.184. The van der Waals surface area contributed by atoms with E-state index in [1.807, 2.05) is 12.1 Å². The molecular formula is C17H20N6O3S. The molecule has 3 aromatic rings. The molecule has 1 aliphatic rings. The largest absolute Gasteiger partial charge is 0.378 e. The molecule has 0 unspecified atom stereocenters. The number of rotatable bonds is 5. The molecule has 1 aliphatic heterocycles. The van der Waals surface area contributed by atoms with Gasteiger partial charge in [-0.15, -0.1) is 0 Å². The molecular weight excluding hydrogens is 368 g/mol. The number of aromatic nitrogens is 3. The zero-order chi connectivity index (χ0) is 18.9. The van der Waals surface area contributed by atoms with E-state index in [0.29, 0.717) is 30.4 Å². The van der Waals surface area contributed by atoms with Gasteiger partial charge in [0.2, 0.25) is 10.0 Å². The van der Waals surface area contributed by atoms with E-state index in [4.69, 9.17) is 4.74 Å². The van der Waals surface area contributed by atoms with E-state index >= 15 is 0 Å². The van der Waals surface area contributed by atoms with Crippen LogP contribution < -0.4 is 14.9 Å². The van der Waals surface area contributed by atoms with Crippen LogP contribution in [-0.2, 0) is 14.8 Å². The quantitative estimate of drug-likeness (QED) is 0.606. The summed E-state index contributed by atoms with van der Waals surface area (Å²) in [7, 11) is -2.17. The minimum atomic E-state index is -3.56. The molecule has 2 aromatic heterocycles. The third-order valence-corrected chi connectivity index (χ3v) is 5.92. The zero-order valence-electron chi connectivity index (χ0n) is 14.8. The summed E-state index contributed by atoms with van der Waals surface area (Å²) in [4.78, 5) is 13.9. The number of H-pyrrole nitrogens is 1. The molecule has 142 valence electrons. The molecule has 0 bridgehead atoms. The topological polar surface area (TPSA) is 112 Å². The number of morpholine rings is 1. The number of fused-ring (bicyclic) bond motifs is 1. The predicted molar refractivity (Wildman–Crippen MR) is 103 cm³/mol. The van der Waals surface area contributed by atoms with E-state index in [1.165, 1.54) is 13.4 Å². The molecule has 9 nitrogen and oxygen atoms in total. The summed E-state index contributed by atoms with van der Waals surface area (Å²) in [6, 6.07) is 6.92. The number of ether oxygens (including phenoxy) is 1. The first-order chi connectivity index (χ1) is 13.1. The Morgan fingerprint density at radius 3 is 2.78 bits per heavy atom. The van der Waals surface area contributed by atoms with Crippen LogP contribution in [0.5, 0.6) is 0 Å². The summed E-state index contributed by atoms with van der Waals surface area (Å²) in [5.41, 5.74) is 2.27. The van der Waals surface area contributed by atoms with Crippen molar-refractivity contribution in [3.8, 4) is 0 Å². The van der Waals surface area contributed by atoms with Crippen LogP contribution >= 0.6 is 0 Å². The van der Waals surface area contributed by atoms with Crippen molar-refractivity contribution in [1.82, 2.24) is 19.7 Å². The van der Waals surface area contributed by atoms with Gasteiger partial charge in [0, 0.05) is 19.3 Å². The summed E-state index contributed by atoms with van der Waals surface area (Å²) in [5, 5.41) is 4.12. The molecule has 0 amide bonds. The SMILES string of the molecule is CNS(=O)(=O)c1ccc(N2CCOCC2)c(Nc2ncnc3[nH]ccc23)c1. The zero-order valence-corrected chi connectivity index (χ0v) is 15.6. The standard InChI is InChI=1S/C17H20N6O3S/c1-18-27(24,25)12-2-3-15(23-6-8-26-9-7-23)14(10-12)22-17-13-4-5-19-16(13)20-11-21-17/h2-5,10-11,18H,6-9H2,1H3,(H2,19,20,21,22). The third-order valence-electron chi connectivity index (χ3n) is 4.51. The van der Waals surface area contributed by atoms with Crippen molar-refractivity contribution < 1.29 is 13.2 Å². The summed E-state index contributed by atoms with van der Waals surface area (Å²) in [5.74, 6) is 0.606. The van der Waals surface area contributed by atoms with E-state index in [-0.39, 0.29) is 4.90 Å². The van der Waals surface area contributed by atoms with Gasteiger partial charge in [-0.3, -0.25) is 0 Å². The predicted octanol–water partition coefficient (Wildman–Crippen LogP) is 1.45. The lowest BCUT2D eigenvalue weighted by Crippen LogP contribution is -2.36. The monoisotopic (exact) mass is 388 g/mol. The molecule has 3 heterocycles. The highest BCUT2D eigenvalue weighted by atomic mass is 32.2. The van der Waals surface area contributed by atoms with Crippen LogP contribution in [0.1, 0.15) is 0 Å². The molecule has 10 heteroatoms. The maximum Gasteiger partial charge on any atom is 0.240 e. The van der Waals surface area contributed by atoms with E-state index < -0.39 is 10.0 Å². The second kappa shape index (κ2) is 7.14. The van der Waals surface area contributed by atoms with E-state index in [9.17, 15) is 8.42 Å². The summed E-state index contributed by atoms with van der Waals surface area (Å²) < 4.78 is 32.3. The Labute approximate surface area is 156 Å². The maximum atomic E-state index is 12.3. The highest BCUT2D eigenvalue weighted by Gasteiger charge is 2.20. The van der Waals surface area contributed by atoms with Gasteiger partial charge < -0.3 is 19.9 Å². The highest BCUT2D eigenvalue weighted by molar-refractivity contribution is 7.89. The maximum absolute atomic E-state index is 12.3. The molecule has 0 radical (unpaired) electrons. The van der Waals surface area contributed by atoms with Crippen LogP contribution in [0.15, 0.2) is 41.7 Å². The molecule has 0 spiro atoms. The molecule has 4 rings (SSSR count). The van der Waals surface area contributed by atoms with E-state index in [2.05, 4.69) is 29.9 Å². The van der Waals surface area contributed by atoms with Gasteiger partial charge >= 0.3 is 0 Å². The first kappa shape index (κ1) is 17.7. The Bertz CT molecular complexity index is 1060. The fourth-order valence-corrected chi connectivity index (χ4v) is 3.84. The van der Waals surface area contributed by atoms with Crippen LogP contribution in [-0.4, -0.2) is 56.7 Å². The van der Waals surface area contributed by atoms with Crippen LogP contribution in [0.4, 0.5) is 17.2 Å². The average Bonchev–Trinajstić information content (AvgIpc) is 3.18. The fraction of sp³-hybridized carbons (Fsp3) is 0.294. The number of hydrogen-bond donors (Lipinski definition) is 3. The molecule has 1 aromatic carbocycles. The Balaban J connectivity index is 1.79. The van der Waals surface area contributed by atoms with Crippen LogP contribution in [0.3, 0.4) is 0 Å². The van der Waals surface area contributed by atoms with Crippen molar-refractivity contribution in [1.29, 1.82) is 0 Å². The second-order valence-electron chi connectivity index (χ2n) is 6.07. The van der Waals surface area contributed by atoms with Crippen molar-refractivity contribution in [2.75, 3.05) is 43.6 Å². The first-order valence-electron chi connectivity index (χ1n) is 8.54. The van der Waals surface area contributed by atoms with Gasteiger partial charge in [-0.05, 0) is 31.3 Å². The summed E-state index contributed by atoms with van der Waals surface area (Å²) in [6.45, 7) is 2.73. The Morgan fingerprint density at radius 2 is 2.00 bits per heavy atom. The van der Waals surface area contributed by atoms with E-state index in [1.54, 1.807) is 18.3 Å². The normalized spacial score (nSPS) is 15.2. The van der Waals surface area contributed by atoms with Gasteiger partial charge in [-0.2, -0.15) is 0 Å². The van der Waals surface area contributed by atoms with Crippen molar-refractivity contribution in [3.63, 3.8) is 0 Å². The lowest BCUT2D eigenvalue weighted by atomic mass is 10.2. The number of anilines is 3. The van der Waals surface area contributed by atoms with Crippen LogP contribution in [0, 0.1) is 0 Å². The highest BCUT2D eigenvalue weighted by Crippen LogP contribution is 2.33. The lowest BCUT2D eigenvalue weighted by Gasteiger charge is -2.31. The third kappa shape index (κ3) is 3.46. The number of benzene rings is 1. The van der Waals surface area contributed by atoms with Gasteiger partial charge in [0.15, 0.2) is 0 Å². The number of hydrogen-bond acceptors (Lipinski definition) is 7. The number of sulfonamides is 1. The molecule has 0 aliphatic carbocycles. The molecule has 0 saturated carbocycles. The molecule has 1 saturated heterocycles. The Morgan fingerprint density at radius 1 is 1.19 bits per heavy atom. The summed E-state index contributed by atoms with van der Waals surface area (Å²) in [6.07, 6.45) is 3.25. The summed E-state index contributed by atoms with van der Waals surface area (Å²) >= 11 is 0. The molecule has 27 heavy (non-hydrogen) atoms.